The molecule has 0 saturated carbocycles. The molecule has 18 heavy (non-hydrogen) atoms. The van der Waals surface area contributed by atoms with Crippen molar-refractivity contribution >= 4 is 17.2 Å². The third-order valence-corrected chi connectivity index (χ3v) is 3.35. The number of rotatable bonds is 4. The minimum atomic E-state index is -0.982. The van der Waals surface area contributed by atoms with Gasteiger partial charge >= 0.3 is 0 Å². The number of hydrogen-bond donors (Lipinski definition) is 2. The molecule has 2 heterocycles. The number of nitriles is 1. The Bertz CT molecular complexity index is 558. The van der Waals surface area contributed by atoms with E-state index in [1.54, 1.807) is 36.6 Å². The molecule has 2 rings (SSSR count). The van der Waals surface area contributed by atoms with E-state index in [2.05, 4.69) is 16.4 Å². The Hall–Kier alpha value is -1.90. The van der Waals surface area contributed by atoms with E-state index in [1.165, 1.54) is 0 Å². The van der Waals surface area contributed by atoms with Crippen molar-refractivity contribution in [2.75, 3.05) is 11.9 Å². The van der Waals surface area contributed by atoms with Crippen molar-refractivity contribution in [1.29, 1.82) is 5.26 Å². The molecule has 0 aliphatic carbocycles. The van der Waals surface area contributed by atoms with Gasteiger partial charge in [-0.15, -0.1) is 0 Å². The lowest BCUT2D eigenvalue weighted by molar-refractivity contribution is 0.0719. The molecule has 2 aromatic heterocycles. The fraction of sp³-hybridized carbons (Fsp3) is 0.231. The Labute approximate surface area is 110 Å². The predicted octanol–water partition coefficient (Wildman–Crippen LogP) is 2.33. The molecule has 0 spiro atoms. The van der Waals surface area contributed by atoms with Gasteiger partial charge in [-0.05, 0) is 41.4 Å². The normalized spacial score (nSPS) is 13.6. The maximum Gasteiger partial charge on any atom is 0.143 e. The smallest absolute Gasteiger partial charge is 0.143 e. The standard InChI is InChI=1S/C13H13N3OS/c1-13(17,11-4-6-18-8-11)9-16-12-10(7-14)3-2-5-15-12/h2-6,8,17H,9H2,1H3,(H,15,16). The van der Waals surface area contributed by atoms with E-state index in [0.29, 0.717) is 17.9 Å². The topological polar surface area (TPSA) is 68.9 Å². The van der Waals surface area contributed by atoms with Crippen LogP contribution in [0.5, 0.6) is 0 Å². The highest BCUT2D eigenvalue weighted by Crippen LogP contribution is 2.23. The summed E-state index contributed by atoms with van der Waals surface area (Å²) in [6.07, 6.45) is 1.61. The van der Waals surface area contributed by atoms with Crippen molar-refractivity contribution in [3.63, 3.8) is 0 Å². The molecule has 4 nitrogen and oxygen atoms in total. The number of hydrogen-bond acceptors (Lipinski definition) is 5. The fourth-order valence-corrected chi connectivity index (χ4v) is 2.35. The minimum Gasteiger partial charge on any atom is -0.384 e. The molecule has 2 aromatic rings. The van der Waals surface area contributed by atoms with Gasteiger partial charge in [0.05, 0.1) is 5.56 Å². The van der Waals surface area contributed by atoms with E-state index in [4.69, 9.17) is 5.26 Å². The van der Waals surface area contributed by atoms with Crippen LogP contribution in [0.4, 0.5) is 5.82 Å². The Kier molecular flexibility index (Phi) is 3.60. The molecular formula is C13H13N3OS. The SMILES string of the molecule is CC(O)(CNc1ncccc1C#N)c1ccsc1. The lowest BCUT2D eigenvalue weighted by Gasteiger charge is -2.23. The molecule has 92 valence electrons. The van der Waals surface area contributed by atoms with Gasteiger partial charge < -0.3 is 10.4 Å². The molecule has 0 aromatic carbocycles. The highest BCUT2D eigenvalue weighted by Gasteiger charge is 2.23. The first-order chi connectivity index (χ1) is 8.63. The molecule has 0 saturated heterocycles. The first kappa shape index (κ1) is 12.6. The van der Waals surface area contributed by atoms with Crippen LogP contribution >= 0.6 is 11.3 Å². The molecule has 0 radical (unpaired) electrons. The van der Waals surface area contributed by atoms with Gasteiger partial charge in [-0.25, -0.2) is 4.98 Å². The van der Waals surface area contributed by atoms with Gasteiger partial charge in [0.15, 0.2) is 0 Å². The third-order valence-electron chi connectivity index (χ3n) is 2.67. The van der Waals surface area contributed by atoms with Crippen LogP contribution in [0, 0.1) is 11.3 Å². The maximum atomic E-state index is 10.3. The van der Waals surface area contributed by atoms with Crippen LogP contribution in [0.15, 0.2) is 35.2 Å². The van der Waals surface area contributed by atoms with E-state index >= 15 is 0 Å². The second-order valence-electron chi connectivity index (χ2n) is 4.15. The van der Waals surface area contributed by atoms with Gasteiger partial charge in [0.2, 0.25) is 0 Å². The quantitative estimate of drug-likeness (QED) is 0.884. The van der Waals surface area contributed by atoms with Crippen molar-refractivity contribution in [1.82, 2.24) is 4.98 Å². The predicted molar refractivity (Wildman–Crippen MR) is 71.3 cm³/mol. The molecule has 1 atom stereocenters. The summed E-state index contributed by atoms with van der Waals surface area (Å²) in [6.45, 7) is 2.03. The van der Waals surface area contributed by atoms with Crippen LogP contribution in [-0.4, -0.2) is 16.6 Å². The van der Waals surface area contributed by atoms with Crippen molar-refractivity contribution in [2.24, 2.45) is 0 Å². The van der Waals surface area contributed by atoms with Crippen molar-refractivity contribution in [3.8, 4) is 6.07 Å². The maximum absolute atomic E-state index is 10.3. The van der Waals surface area contributed by atoms with Crippen LogP contribution in [0.25, 0.3) is 0 Å². The number of pyridine rings is 1. The van der Waals surface area contributed by atoms with E-state index < -0.39 is 5.60 Å². The number of aromatic nitrogens is 1. The second kappa shape index (κ2) is 5.17. The minimum absolute atomic E-state index is 0.301. The Balaban J connectivity index is 2.10. The number of thiophene rings is 1. The third kappa shape index (κ3) is 2.67. The van der Waals surface area contributed by atoms with Crippen LogP contribution in [0.1, 0.15) is 18.1 Å². The van der Waals surface area contributed by atoms with Gasteiger partial charge in [-0.3, -0.25) is 0 Å². The van der Waals surface area contributed by atoms with Gasteiger partial charge in [0, 0.05) is 12.7 Å². The summed E-state index contributed by atoms with van der Waals surface area (Å²) in [5.74, 6) is 0.496. The number of nitrogens with zero attached hydrogens (tertiary/aromatic N) is 2. The van der Waals surface area contributed by atoms with Crippen LogP contribution in [0.3, 0.4) is 0 Å². The van der Waals surface area contributed by atoms with E-state index in [0.717, 1.165) is 5.56 Å². The Morgan fingerprint density at radius 1 is 1.56 bits per heavy atom. The summed E-state index contributed by atoms with van der Waals surface area (Å²) in [5, 5.41) is 26.1. The molecule has 0 aliphatic rings. The summed E-state index contributed by atoms with van der Waals surface area (Å²) >= 11 is 1.54. The van der Waals surface area contributed by atoms with E-state index in [1.807, 2.05) is 16.8 Å². The number of aliphatic hydroxyl groups is 1. The lowest BCUT2D eigenvalue weighted by Crippen LogP contribution is -2.30. The molecule has 1 unspecified atom stereocenters. The molecule has 0 aliphatic heterocycles. The summed E-state index contributed by atoms with van der Waals surface area (Å²) in [7, 11) is 0. The molecule has 2 N–H and O–H groups in total. The van der Waals surface area contributed by atoms with E-state index in [-0.39, 0.29) is 0 Å². The zero-order valence-electron chi connectivity index (χ0n) is 9.92. The van der Waals surface area contributed by atoms with Crippen molar-refractivity contribution < 1.29 is 5.11 Å². The largest absolute Gasteiger partial charge is 0.384 e. The lowest BCUT2D eigenvalue weighted by atomic mass is 9.99. The zero-order chi connectivity index (χ0) is 13.0. The highest BCUT2D eigenvalue weighted by atomic mass is 32.1. The summed E-state index contributed by atoms with van der Waals surface area (Å²) in [4.78, 5) is 4.09. The van der Waals surface area contributed by atoms with Crippen molar-refractivity contribution in [3.05, 3.63) is 46.3 Å². The van der Waals surface area contributed by atoms with E-state index in [9.17, 15) is 5.11 Å². The number of anilines is 1. The van der Waals surface area contributed by atoms with Gasteiger partial charge in [-0.2, -0.15) is 16.6 Å². The van der Waals surface area contributed by atoms with Gasteiger partial charge in [0.1, 0.15) is 17.5 Å². The van der Waals surface area contributed by atoms with Gasteiger partial charge in [0.25, 0.3) is 0 Å². The van der Waals surface area contributed by atoms with Crippen LogP contribution in [-0.2, 0) is 5.60 Å². The summed E-state index contributed by atoms with van der Waals surface area (Å²) < 4.78 is 0. The number of nitrogens with one attached hydrogen (secondary N) is 1. The van der Waals surface area contributed by atoms with Crippen LogP contribution in [0.2, 0.25) is 0 Å². The molecule has 5 heteroatoms. The zero-order valence-corrected chi connectivity index (χ0v) is 10.7. The molecular weight excluding hydrogens is 246 g/mol. The van der Waals surface area contributed by atoms with Crippen LogP contribution < -0.4 is 5.32 Å². The first-order valence-electron chi connectivity index (χ1n) is 5.47. The second-order valence-corrected chi connectivity index (χ2v) is 4.93. The Morgan fingerprint density at radius 3 is 3.06 bits per heavy atom. The Morgan fingerprint density at radius 2 is 2.39 bits per heavy atom. The molecule has 0 fully saturated rings. The fourth-order valence-electron chi connectivity index (χ4n) is 1.57. The average molecular weight is 259 g/mol. The summed E-state index contributed by atoms with van der Waals surface area (Å²) in [5.41, 5.74) is 0.345. The average Bonchev–Trinajstić information content (AvgIpc) is 2.91. The molecule has 0 amide bonds. The van der Waals surface area contributed by atoms with Crippen molar-refractivity contribution in [2.45, 2.75) is 12.5 Å². The monoisotopic (exact) mass is 259 g/mol. The first-order valence-corrected chi connectivity index (χ1v) is 6.42. The molecule has 0 bridgehead atoms. The highest BCUT2D eigenvalue weighted by molar-refractivity contribution is 7.08. The van der Waals surface area contributed by atoms with Gasteiger partial charge in [-0.1, -0.05) is 0 Å². The summed E-state index contributed by atoms with van der Waals surface area (Å²) in [6, 6.07) is 7.35.